The number of carbonyl (C=O) groups is 1. The van der Waals surface area contributed by atoms with Crippen molar-refractivity contribution < 1.29 is 14.6 Å². The van der Waals surface area contributed by atoms with E-state index < -0.39 is 0 Å². The highest BCUT2D eigenvalue weighted by Crippen LogP contribution is 2.18. The molecule has 0 atom stereocenters. The van der Waals surface area contributed by atoms with Gasteiger partial charge in [-0.15, -0.1) is 24.0 Å². The van der Waals surface area contributed by atoms with Crippen molar-refractivity contribution >= 4 is 35.9 Å². The maximum atomic E-state index is 11.0. The fraction of sp³-hybridized carbons (Fsp3) is 0.846. The van der Waals surface area contributed by atoms with E-state index in [1.54, 1.807) is 0 Å². The highest BCUT2D eigenvalue weighted by molar-refractivity contribution is 14.0. The largest absolute Gasteiger partial charge is 0.469 e. The predicted molar refractivity (Wildman–Crippen MR) is 89.4 cm³/mol. The molecule has 0 bridgehead atoms. The van der Waals surface area contributed by atoms with E-state index in [0.29, 0.717) is 12.6 Å². The number of aliphatic imine (C=N–C) groups is 1. The van der Waals surface area contributed by atoms with E-state index in [0.717, 1.165) is 38.2 Å². The maximum absolute atomic E-state index is 11.0. The number of ether oxygens (including phenoxy) is 1. The number of rotatable bonds is 5. The highest BCUT2D eigenvalue weighted by atomic mass is 127. The van der Waals surface area contributed by atoms with Crippen molar-refractivity contribution in [2.45, 2.75) is 51.2 Å². The summed E-state index contributed by atoms with van der Waals surface area (Å²) in [6.45, 7) is 3.19. The average Bonchev–Trinajstić information content (AvgIpc) is 2.41. The van der Waals surface area contributed by atoms with E-state index >= 15 is 0 Å². The van der Waals surface area contributed by atoms with Gasteiger partial charge in [0.2, 0.25) is 0 Å². The Morgan fingerprint density at radius 1 is 1.35 bits per heavy atom. The van der Waals surface area contributed by atoms with Gasteiger partial charge in [0.15, 0.2) is 5.96 Å². The third-order valence-corrected chi connectivity index (χ3v) is 3.20. The lowest BCUT2D eigenvalue weighted by molar-refractivity contribution is -0.140. The fourth-order valence-electron chi connectivity index (χ4n) is 2.09. The van der Waals surface area contributed by atoms with Gasteiger partial charge in [0.25, 0.3) is 0 Å². The smallest absolute Gasteiger partial charge is 0.307 e. The first-order valence-corrected chi connectivity index (χ1v) is 6.95. The van der Waals surface area contributed by atoms with Crippen molar-refractivity contribution in [1.29, 1.82) is 0 Å². The molecule has 118 valence electrons. The molecule has 1 rings (SSSR count). The minimum absolute atomic E-state index is 0. The molecule has 0 heterocycles. The van der Waals surface area contributed by atoms with Gasteiger partial charge in [-0.2, -0.15) is 0 Å². The Hall–Kier alpha value is -0.570. The summed E-state index contributed by atoms with van der Waals surface area (Å²) in [7, 11) is 1.38. The van der Waals surface area contributed by atoms with Crippen LogP contribution in [0.25, 0.3) is 0 Å². The number of aliphatic hydroxyl groups is 1. The number of guanidine groups is 1. The molecular formula is C13H26IN3O3. The Labute approximate surface area is 137 Å². The number of hydrogen-bond acceptors (Lipinski definition) is 4. The van der Waals surface area contributed by atoms with Crippen molar-refractivity contribution in [3.8, 4) is 0 Å². The van der Waals surface area contributed by atoms with Gasteiger partial charge < -0.3 is 20.5 Å². The molecule has 0 unspecified atom stereocenters. The van der Waals surface area contributed by atoms with E-state index in [4.69, 9.17) is 0 Å². The van der Waals surface area contributed by atoms with E-state index in [1.807, 2.05) is 6.92 Å². The zero-order valence-electron chi connectivity index (χ0n) is 12.2. The normalized spacial score (nSPS) is 22.6. The summed E-state index contributed by atoms with van der Waals surface area (Å²) in [5, 5.41) is 16.0. The number of halogens is 1. The summed E-state index contributed by atoms with van der Waals surface area (Å²) < 4.78 is 4.58. The molecule has 0 aromatic carbocycles. The number of methoxy groups -OCH3 is 1. The first-order chi connectivity index (χ1) is 9.15. The van der Waals surface area contributed by atoms with Crippen molar-refractivity contribution in [3.63, 3.8) is 0 Å². The van der Waals surface area contributed by atoms with Crippen LogP contribution in [-0.2, 0) is 9.53 Å². The Balaban J connectivity index is 0.00000361. The second-order valence-corrected chi connectivity index (χ2v) is 4.74. The fourth-order valence-corrected chi connectivity index (χ4v) is 2.09. The van der Waals surface area contributed by atoms with E-state index in [9.17, 15) is 9.90 Å². The van der Waals surface area contributed by atoms with Crippen molar-refractivity contribution in [2.75, 3.05) is 20.2 Å². The molecule has 0 amide bonds. The molecule has 1 saturated carbocycles. The summed E-state index contributed by atoms with van der Waals surface area (Å²) >= 11 is 0. The van der Waals surface area contributed by atoms with Crippen molar-refractivity contribution in [2.24, 2.45) is 4.99 Å². The Kier molecular flexibility index (Phi) is 10.8. The Morgan fingerprint density at radius 2 is 2.00 bits per heavy atom. The summed E-state index contributed by atoms with van der Waals surface area (Å²) in [5.41, 5.74) is 0. The predicted octanol–water partition coefficient (Wildman–Crippen LogP) is 1.03. The van der Waals surface area contributed by atoms with Crippen LogP contribution in [0.1, 0.15) is 39.0 Å². The molecule has 0 aliphatic heterocycles. The molecule has 6 nitrogen and oxygen atoms in total. The Morgan fingerprint density at radius 3 is 2.55 bits per heavy atom. The zero-order chi connectivity index (χ0) is 14.1. The minimum Gasteiger partial charge on any atom is -0.469 e. The standard InChI is InChI=1S/C13H25N3O3.HI/c1-3-14-13(15-9-8-12(18)19-2)16-10-4-6-11(17)7-5-10;/h10-11,17H,3-9H2,1-2H3,(H2,14,15,16);1H. The van der Waals surface area contributed by atoms with E-state index in [-0.39, 0.29) is 42.5 Å². The molecule has 0 aromatic rings. The van der Waals surface area contributed by atoms with Crippen LogP contribution in [0, 0.1) is 0 Å². The van der Waals surface area contributed by atoms with Gasteiger partial charge in [-0.1, -0.05) is 0 Å². The van der Waals surface area contributed by atoms with Crippen LogP contribution in [0.15, 0.2) is 4.99 Å². The lowest BCUT2D eigenvalue weighted by Crippen LogP contribution is -2.45. The molecule has 0 aromatic heterocycles. The molecule has 1 fully saturated rings. The van der Waals surface area contributed by atoms with Crippen LogP contribution in [0.3, 0.4) is 0 Å². The topological polar surface area (TPSA) is 83.0 Å². The monoisotopic (exact) mass is 399 g/mol. The number of nitrogens with zero attached hydrogens (tertiary/aromatic N) is 1. The molecule has 1 aliphatic rings. The van der Waals surface area contributed by atoms with Gasteiger partial charge in [-0.3, -0.25) is 9.79 Å². The van der Waals surface area contributed by atoms with Gasteiger partial charge in [-0.25, -0.2) is 0 Å². The first-order valence-electron chi connectivity index (χ1n) is 6.95. The first kappa shape index (κ1) is 19.4. The second-order valence-electron chi connectivity index (χ2n) is 4.74. The van der Waals surface area contributed by atoms with Gasteiger partial charge in [0.05, 0.1) is 26.2 Å². The van der Waals surface area contributed by atoms with Gasteiger partial charge in [-0.05, 0) is 32.6 Å². The molecule has 0 spiro atoms. The number of carbonyl (C=O) groups excluding carboxylic acids is 1. The van der Waals surface area contributed by atoms with Crippen LogP contribution in [0.4, 0.5) is 0 Å². The molecule has 20 heavy (non-hydrogen) atoms. The molecule has 0 saturated heterocycles. The van der Waals surface area contributed by atoms with Gasteiger partial charge in [0.1, 0.15) is 0 Å². The second kappa shape index (κ2) is 11.1. The minimum atomic E-state index is -0.250. The SMILES string of the molecule is CCNC(=NCCC(=O)OC)NC1CCC(O)CC1.I. The van der Waals surface area contributed by atoms with Crippen LogP contribution in [0.2, 0.25) is 0 Å². The lowest BCUT2D eigenvalue weighted by atomic mass is 9.93. The summed E-state index contributed by atoms with van der Waals surface area (Å²) in [4.78, 5) is 15.4. The number of aliphatic hydroxyl groups excluding tert-OH is 1. The highest BCUT2D eigenvalue weighted by Gasteiger charge is 2.19. The summed E-state index contributed by atoms with van der Waals surface area (Å²) in [5.74, 6) is 0.480. The molecule has 0 radical (unpaired) electrons. The van der Waals surface area contributed by atoms with Crippen molar-refractivity contribution in [3.05, 3.63) is 0 Å². The van der Waals surface area contributed by atoms with Gasteiger partial charge in [0, 0.05) is 12.6 Å². The van der Waals surface area contributed by atoms with Crippen molar-refractivity contribution in [1.82, 2.24) is 10.6 Å². The number of esters is 1. The summed E-state index contributed by atoms with van der Waals surface area (Å²) in [6.07, 6.45) is 3.69. The van der Waals surface area contributed by atoms with Crippen LogP contribution in [-0.4, -0.2) is 49.4 Å². The van der Waals surface area contributed by atoms with Gasteiger partial charge >= 0.3 is 5.97 Å². The lowest BCUT2D eigenvalue weighted by Gasteiger charge is -2.27. The van der Waals surface area contributed by atoms with E-state index in [2.05, 4.69) is 20.4 Å². The van der Waals surface area contributed by atoms with Crippen LogP contribution < -0.4 is 10.6 Å². The number of nitrogens with one attached hydrogen (secondary N) is 2. The maximum Gasteiger partial charge on any atom is 0.307 e. The Bertz CT molecular complexity index is 305. The third-order valence-electron chi connectivity index (χ3n) is 3.20. The van der Waals surface area contributed by atoms with E-state index in [1.165, 1.54) is 7.11 Å². The zero-order valence-corrected chi connectivity index (χ0v) is 14.6. The summed E-state index contributed by atoms with van der Waals surface area (Å²) in [6, 6.07) is 0.347. The molecule has 7 heteroatoms. The van der Waals surface area contributed by atoms with Crippen LogP contribution >= 0.6 is 24.0 Å². The quantitative estimate of drug-likeness (QED) is 0.278. The number of hydrogen-bond donors (Lipinski definition) is 3. The molecule has 1 aliphatic carbocycles. The van der Waals surface area contributed by atoms with Crippen LogP contribution in [0.5, 0.6) is 0 Å². The average molecular weight is 399 g/mol. The third kappa shape index (κ3) is 7.88. The molecule has 3 N–H and O–H groups in total. The molecular weight excluding hydrogens is 373 g/mol.